The molecule has 2 aliphatic carbocycles. The molecule has 0 aromatic heterocycles. The maximum atomic E-state index is 13.6. The van der Waals surface area contributed by atoms with Crippen molar-refractivity contribution in [2.45, 2.75) is 36.6 Å². The van der Waals surface area contributed by atoms with Crippen molar-refractivity contribution in [3.05, 3.63) is 29.6 Å². The van der Waals surface area contributed by atoms with E-state index < -0.39 is 5.82 Å². The zero-order chi connectivity index (χ0) is 12.7. The molecule has 3 atom stereocenters. The first-order chi connectivity index (χ1) is 8.63. The predicted molar refractivity (Wildman–Crippen MR) is 70.4 cm³/mol. The highest BCUT2D eigenvalue weighted by molar-refractivity contribution is 7.80. The number of halogens is 1. The van der Waals surface area contributed by atoms with Gasteiger partial charge in [-0.2, -0.15) is 0 Å². The Hall–Kier alpha value is -1.03. The Morgan fingerprint density at radius 1 is 1.33 bits per heavy atom. The summed E-state index contributed by atoms with van der Waals surface area (Å²) in [6.07, 6.45) is 4.76. The van der Waals surface area contributed by atoms with E-state index in [9.17, 15) is 9.18 Å². The number of thiol groups is 1. The summed E-state index contributed by atoms with van der Waals surface area (Å²) in [5, 5.41) is 2.98. The molecule has 2 nitrogen and oxygen atoms in total. The van der Waals surface area contributed by atoms with Crippen LogP contribution in [0.3, 0.4) is 0 Å². The lowest BCUT2D eigenvalue weighted by atomic mass is 9.95. The molecule has 0 heterocycles. The first-order valence-corrected chi connectivity index (χ1v) is 6.87. The molecule has 2 aliphatic rings. The van der Waals surface area contributed by atoms with Gasteiger partial charge in [0.2, 0.25) is 0 Å². The van der Waals surface area contributed by atoms with Gasteiger partial charge in [0.15, 0.2) is 0 Å². The second kappa shape index (κ2) is 4.57. The third kappa shape index (κ3) is 2.14. The summed E-state index contributed by atoms with van der Waals surface area (Å²) < 4.78 is 13.6. The fraction of sp³-hybridized carbons (Fsp3) is 0.500. The second-order valence-corrected chi connectivity index (χ2v) is 5.94. The summed E-state index contributed by atoms with van der Waals surface area (Å²) in [6, 6.07) is 4.56. The molecule has 18 heavy (non-hydrogen) atoms. The van der Waals surface area contributed by atoms with Crippen LogP contribution in [0, 0.1) is 17.7 Å². The molecule has 3 rings (SSSR count). The second-order valence-electron chi connectivity index (χ2n) is 5.42. The summed E-state index contributed by atoms with van der Waals surface area (Å²) in [7, 11) is 0. The molecular formula is C14H16FNOS. The zero-order valence-electron chi connectivity index (χ0n) is 10.0. The van der Waals surface area contributed by atoms with Gasteiger partial charge in [-0.1, -0.05) is 6.42 Å². The highest BCUT2D eigenvalue weighted by Crippen LogP contribution is 2.44. The van der Waals surface area contributed by atoms with Gasteiger partial charge in [-0.15, -0.1) is 12.6 Å². The Bertz CT molecular complexity index is 491. The van der Waals surface area contributed by atoms with E-state index in [0.717, 1.165) is 12.3 Å². The van der Waals surface area contributed by atoms with Crippen LogP contribution >= 0.6 is 12.6 Å². The number of amides is 1. The smallest absolute Gasteiger partial charge is 0.254 e. The van der Waals surface area contributed by atoms with E-state index in [4.69, 9.17) is 0 Å². The van der Waals surface area contributed by atoms with E-state index in [0.29, 0.717) is 10.8 Å². The van der Waals surface area contributed by atoms with Crippen LogP contribution in [0.2, 0.25) is 0 Å². The van der Waals surface area contributed by atoms with Gasteiger partial charge in [0.1, 0.15) is 5.82 Å². The Morgan fingerprint density at radius 3 is 2.83 bits per heavy atom. The average Bonchev–Trinajstić information content (AvgIpc) is 2.94. The van der Waals surface area contributed by atoms with E-state index in [2.05, 4.69) is 17.9 Å². The van der Waals surface area contributed by atoms with Crippen molar-refractivity contribution >= 4 is 18.5 Å². The monoisotopic (exact) mass is 265 g/mol. The molecule has 2 bridgehead atoms. The number of fused-ring (bicyclic) bond motifs is 2. The quantitative estimate of drug-likeness (QED) is 0.791. The van der Waals surface area contributed by atoms with Gasteiger partial charge in [-0.05, 0) is 49.3 Å². The number of carbonyl (C=O) groups excluding carboxylic acids is 1. The highest BCUT2D eigenvalue weighted by atomic mass is 32.1. The van der Waals surface area contributed by atoms with Crippen molar-refractivity contribution in [1.29, 1.82) is 0 Å². The summed E-state index contributed by atoms with van der Waals surface area (Å²) in [4.78, 5) is 12.7. The van der Waals surface area contributed by atoms with Gasteiger partial charge in [0.25, 0.3) is 5.91 Å². The minimum atomic E-state index is -0.478. The maximum absolute atomic E-state index is 13.6. The van der Waals surface area contributed by atoms with Gasteiger partial charge in [-0.3, -0.25) is 4.79 Å². The van der Waals surface area contributed by atoms with Crippen molar-refractivity contribution < 1.29 is 9.18 Å². The van der Waals surface area contributed by atoms with Crippen LogP contribution < -0.4 is 5.32 Å². The molecule has 0 spiro atoms. The third-order valence-electron chi connectivity index (χ3n) is 4.25. The lowest BCUT2D eigenvalue weighted by molar-refractivity contribution is 0.0918. The van der Waals surface area contributed by atoms with Gasteiger partial charge < -0.3 is 5.32 Å². The summed E-state index contributed by atoms with van der Waals surface area (Å²) in [5.41, 5.74) is 0.102. The van der Waals surface area contributed by atoms with E-state index in [1.807, 2.05) is 0 Å². The lowest BCUT2D eigenvalue weighted by Crippen LogP contribution is -2.38. The van der Waals surface area contributed by atoms with Crippen LogP contribution in [-0.2, 0) is 0 Å². The maximum Gasteiger partial charge on any atom is 0.254 e. The predicted octanol–water partition coefficient (Wildman–Crippen LogP) is 3.03. The molecule has 1 N–H and O–H groups in total. The molecule has 0 aliphatic heterocycles. The fourth-order valence-corrected chi connectivity index (χ4v) is 3.56. The third-order valence-corrected chi connectivity index (χ3v) is 4.53. The van der Waals surface area contributed by atoms with Crippen molar-refractivity contribution in [2.75, 3.05) is 0 Å². The number of carbonyl (C=O) groups is 1. The average molecular weight is 265 g/mol. The van der Waals surface area contributed by atoms with Crippen molar-refractivity contribution in [3.8, 4) is 0 Å². The van der Waals surface area contributed by atoms with Gasteiger partial charge in [0, 0.05) is 10.9 Å². The largest absolute Gasteiger partial charge is 0.349 e. The topological polar surface area (TPSA) is 29.1 Å². The van der Waals surface area contributed by atoms with Crippen LogP contribution in [0.15, 0.2) is 23.1 Å². The van der Waals surface area contributed by atoms with E-state index in [-0.39, 0.29) is 17.5 Å². The molecule has 1 aromatic carbocycles. The lowest BCUT2D eigenvalue weighted by Gasteiger charge is -2.23. The van der Waals surface area contributed by atoms with Crippen LogP contribution in [0.4, 0.5) is 4.39 Å². The molecule has 96 valence electrons. The number of nitrogens with one attached hydrogen (secondary N) is 1. The molecule has 0 radical (unpaired) electrons. The molecule has 0 saturated heterocycles. The number of rotatable bonds is 2. The number of hydrogen-bond donors (Lipinski definition) is 2. The van der Waals surface area contributed by atoms with Crippen LogP contribution in [0.5, 0.6) is 0 Å². The first kappa shape index (κ1) is 12.0. The molecule has 3 unspecified atom stereocenters. The van der Waals surface area contributed by atoms with Crippen molar-refractivity contribution in [1.82, 2.24) is 5.32 Å². The van der Waals surface area contributed by atoms with Gasteiger partial charge in [0.05, 0.1) is 5.56 Å². The van der Waals surface area contributed by atoms with Gasteiger partial charge >= 0.3 is 0 Å². The first-order valence-electron chi connectivity index (χ1n) is 6.43. The summed E-state index contributed by atoms with van der Waals surface area (Å²) in [5.74, 6) is 0.581. The minimum Gasteiger partial charge on any atom is -0.349 e. The Labute approximate surface area is 111 Å². The molecule has 1 aromatic rings. The Kier molecular flexibility index (Phi) is 3.06. The van der Waals surface area contributed by atoms with Gasteiger partial charge in [-0.25, -0.2) is 4.39 Å². The van der Waals surface area contributed by atoms with Crippen molar-refractivity contribution in [2.24, 2.45) is 11.8 Å². The number of benzene rings is 1. The van der Waals surface area contributed by atoms with E-state index in [1.54, 1.807) is 6.07 Å². The molecular weight excluding hydrogens is 249 g/mol. The van der Waals surface area contributed by atoms with Crippen LogP contribution in [-0.4, -0.2) is 11.9 Å². The number of hydrogen-bond acceptors (Lipinski definition) is 2. The molecule has 1 amide bonds. The van der Waals surface area contributed by atoms with Crippen molar-refractivity contribution in [3.63, 3.8) is 0 Å². The summed E-state index contributed by atoms with van der Waals surface area (Å²) in [6.45, 7) is 0. The molecule has 2 saturated carbocycles. The normalized spacial score (nSPS) is 29.6. The van der Waals surface area contributed by atoms with Crippen LogP contribution in [0.25, 0.3) is 0 Å². The van der Waals surface area contributed by atoms with E-state index in [1.165, 1.54) is 31.4 Å². The molecule has 4 heteroatoms. The van der Waals surface area contributed by atoms with Crippen LogP contribution in [0.1, 0.15) is 36.0 Å². The standard InChI is InChI=1S/C14H16FNOS/c15-12-4-3-10(18)7-11(12)14(17)16-13-6-8-1-2-9(13)5-8/h3-4,7-9,13,18H,1-2,5-6H2,(H,16,17). The highest BCUT2D eigenvalue weighted by Gasteiger charge is 2.40. The van der Waals surface area contributed by atoms with E-state index >= 15 is 0 Å². The fourth-order valence-electron chi connectivity index (χ4n) is 3.35. The summed E-state index contributed by atoms with van der Waals surface area (Å²) >= 11 is 4.14. The Balaban J connectivity index is 1.73. The zero-order valence-corrected chi connectivity index (χ0v) is 10.9. The molecule has 2 fully saturated rings. The Morgan fingerprint density at radius 2 is 2.17 bits per heavy atom. The minimum absolute atomic E-state index is 0.102. The SMILES string of the molecule is O=C(NC1CC2CCC1C2)c1cc(S)ccc1F.